The molecule has 0 spiro atoms. The molecular formula is C28H25N5O4. The molecule has 3 aromatic carbocycles. The number of rotatable bonds is 7. The first-order valence-corrected chi connectivity index (χ1v) is 11.9. The van der Waals surface area contributed by atoms with E-state index in [9.17, 15) is 19.2 Å². The number of carbonyl (C=O) groups is 3. The number of aromatic nitrogens is 2. The highest BCUT2D eigenvalue weighted by atomic mass is 16.2. The third kappa shape index (κ3) is 4.71. The Kier molecular flexibility index (Phi) is 6.27. The van der Waals surface area contributed by atoms with Crippen molar-refractivity contribution in [1.82, 2.24) is 25.5 Å². The van der Waals surface area contributed by atoms with Crippen LogP contribution in [0.1, 0.15) is 35.0 Å². The van der Waals surface area contributed by atoms with Gasteiger partial charge in [0.25, 0.3) is 17.4 Å². The number of fused-ring (bicyclic) bond motifs is 1. The van der Waals surface area contributed by atoms with E-state index in [-0.39, 0.29) is 17.8 Å². The highest BCUT2D eigenvalue weighted by molar-refractivity contribution is 6.11. The molecule has 4 amide bonds. The minimum atomic E-state index is -1.18. The second-order valence-corrected chi connectivity index (χ2v) is 9.17. The number of amides is 4. The Balaban J connectivity index is 1.41. The van der Waals surface area contributed by atoms with Gasteiger partial charge in [-0.15, -0.1) is 0 Å². The Labute approximate surface area is 212 Å². The Morgan fingerprint density at radius 3 is 2.14 bits per heavy atom. The lowest BCUT2D eigenvalue weighted by Gasteiger charge is -2.21. The number of nitrogens with zero attached hydrogens (tertiary/aromatic N) is 3. The molecule has 1 aromatic heterocycles. The molecule has 5 rings (SSSR count). The van der Waals surface area contributed by atoms with Crippen molar-refractivity contribution in [2.75, 3.05) is 0 Å². The van der Waals surface area contributed by atoms with E-state index in [0.29, 0.717) is 28.6 Å². The molecule has 1 atom stereocenters. The van der Waals surface area contributed by atoms with Gasteiger partial charge in [-0.05, 0) is 37.0 Å². The smallest absolute Gasteiger partial charge is 0.322 e. The number of imide groups is 1. The number of aryl methyl sites for hydroxylation is 1. The first-order chi connectivity index (χ1) is 17.9. The summed E-state index contributed by atoms with van der Waals surface area (Å²) in [4.78, 5) is 52.3. The summed E-state index contributed by atoms with van der Waals surface area (Å²) in [5.41, 5.74) is 2.68. The molecule has 1 aliphatic rings. The molecule has 0 bridgehead atoms. The Morgan fingerprint density at radius 2 is 1.46 bits per heavy atom. The van der Waals surface area contributed by atoms with Gasteiger partial charge >= 0.3 is 6.03 Å². The summed E-state index contributed by atoms with van der Waals surface area (Å²) >= 11 is 0. The van der Waals surface area contributed by atoms with Gasteiger partial charge in [-0.1, -0.05) is 78.9 Å². The van der Waals surface area contributed by atoms with Crippen molar-refractivity contribution in [3.63, 3.8) is 0 Å². The Hall–Kier alpha value is -4.79. The predicted octanol–water partition coefficient (Wildman–Crippen LogP) is 3.03. The fourth-order valence-corrected chi connectivity index (χ4v) is 4.42. The lowest BCUT2D eigenvalue weighted by Crippen LogP contribution is -2.49. The minimum Gasteiger partial charge on any atom is -0.322 e. The molecule has 1 fully saturated rings. The van der Waals surface area contributed by atoms with Crippen molar-refractivity contribution in [1.29, 1.82) is 0 Å². The largest absolute Gasteiger partial charge is 0.344 e. The van der Waals surface area contributed by atoms with Crippen LogP contribution in [0.3, 0.4) is 0 Å². The number of nitrogens with one attached hydrogen (secondary N) is 2. The van der Waals surface area contributed by atoms with Crippen LogP contribution in [0.4, 0.5) is 4.79 Å². The van der Waals surface area contributed by atoms with Crippen molar-refractivity contribution in [3.8, 4) is 0 Å². The summed E-state index contributed by atoms with van der Waals surface area (Å²) < 4.78 is 1.21. The molecule has 4 aromatic rings. The molecule has 9 nitrogen and oxygen atoms in total. The van der Waals surface area contributed by atoms with Crippen LogP contribution >= 0.6 is 0 Å². The second kappa shape index (κ2) is 9.69. The van der Waals surface area contributed by atoms with E-state index in [1.165, 1.54) is 4.68 Å². The van der Waals surface area contributed by atoms with E-state index in [2.05, 4.69) is 15.8 Å². The number of hydrogen-bond donors (Lipinski definition) is 2. The van der Waals surface area contributed by atoms with Gasteiger partial charge in [0.2, 0.25) is 0 Å². The maximum Gasteiger partial charge on any atom is 0.344 e. The number of hydrazine groups is 1. The zero-order chi connectivity index (χ0) is 26.0. The maximum atomic E-state index is 13.3. The van der Waals surface area contributed by atoms with E-state index in [0.717, 1.165) is 11.1 Å². The normalized spacial score (nSPS) is 17.2. The third-order valence-electron chi connectivity index (χ3n) is 6.49. The molecule has 1 saturated heterocycles. The standard InChI is InChI=1S/C28H25N5O4/c1-28(17-16-19-10-4-2-5-11-19)26(36)33(27(37)29-28)31-24(34)23-21-14-8-9-15-22(21)25(35)32(30-23)18-20-12-6-3-7-13-20/h2-15H,16-18H2,1H3,(H,29,37)(H,31,34)/t28-/m0/s1. The van der Waals surface area contributed by atoms with Crippen molar-refractivity contribution >= 4 is 28.6 Å². The SMILES string of the molecule is C[C@@]1(CCc2ccccc2)NC(=O)N(NC(=O)c2nn(Cc3ccccc3)c(=O)c3ccccc23)C1=O. The summed E-state index contributed by atoms with van der Waals surface area (Å²) in [5, 5.41) is 8.34. The van der Waals surface area contributed by atoms with Crippen molar-refractivity contribution in [2.24, 2.45) is 0 Å². The average Bonchev–Trinajstić information content (AvgIpc) is 3.13. The van der Waals surface area contributed by atoms with Crippen LogP contribution in [0.25, 0.3) is 10.8 Å². The lowest BCUT2D eigenvalue weighted by atomic mass is 9.93. The van der Waals surface area contributed by atoms with Crippen LogP contribution in [0.2, 0.25) is 0 Å². The van der Waals surface area contributed by atoms with E-state index >= 15 is 0 Å². The second-order valence-electron chi connectivity index (χ2n) is 9.17. The van der Waals surface area contributed by atoms with Crippen LogP contribution in [0.15, 0.2) is 89.7 Å². The van der Waals surface area contributed by atoms with Gasteiger partial charge in [0, 0.05) is 5.39 Å². The summed E-state index contributed by atoms with van der Waals surface area (Å²) in [5.74, 6) is -1.34. The van der Waals surface area contributed by atoms with Crippen molar-refractivity contribution in [3.05, 3.63) is 112 Å². The van der Waals surface area contributed by atoms with Crippen LogP contribution < -0.4 is 16.3 Å². The lowest BCUT2D eigenvalue weighted by molar-refractivity contribution is -0.132. The van der Waals surface area contributed by atoms with Crippen LogP contribution in [0, 0.1) is 0 Å². The molecule has 1 aliphatic heterocycles. The van der Waals surface area contributed by atoms with Gasteiger partial charge in [-0.3, -0.25) is 19.8 Å². The van der Waals surface area contributed by atoms with Crippen LogP contribution in [-0.4, -0.2) is 38.2 Å². The van der Waals surface area contributed by atoms with Crippen molar-refractivity contribution < 1.29 is 14.4 Å². The fraction of sp³-hybridized carbons (Fsp3) is 0.179. The third-order valence-corrected chi connectivity index (χ3v) is 6.49. The predicted molar refractivity (Wildman–Crippen MR) is 138 cm³/mol. The number of benzene rings is 3. The molecule has 0 aliphatic carbocycles. The highest BCUT2D eigenvalue weighted by Gasteiger charge is 2.48. The summed E-state index contributed by atoms with van der Waals surface area (Å²) in [6.45, 7) is 1.79. The van der Waals surface area contributed by atoms with Gasteiger partial charge in [0.15, 0.2) is 5.69 Å². The first-order valence-electron chi connectivity index (χ1n) is 11.9. The molecule has 0 unspecified atom stereocenters. The van der Waals surface area contributed by atoms with Gasteiger partial charge in [-0.2, -0.15) is 10.1 Å². The monoisotopic (exact) mass is 495 g/mol. The summed E-state index contributed by atoms with van der Waals surface area (Å²) in [6.07, 6.45) is 0.929. The maximum absolute atomic E-state index is 13.3. The highest BCUT2D eigenvalue weighted by Crippen LogP contribution is 2.23. The Bertz CT molecular complexity index is 1550. The molecule has 2 heterocycles. The van der Waals surface area contributed by atoms with E-state index in [1.54, 1.807) is 31.2 Å². The average molecular weight is 496 g/mol. The zero-order valence-electron chi connectivity index (χ0n) is 20.2. The molecule has 186 valence electrons. The van der Waals surface area contributed by atoms with E-state index in [4.69, 9.17) is 0 Å². The molecule has 37 heavy (non-hydrogen) atoms. The summed E-state index contributed by atoms with van der Waals surface area (Å²) in [6, 6.07) is 24.8. The van der Waals surface area contributed by atoms with Gasteiger partial charge in [-0.25, -0.2) is 9.48 Å². The van der Waals surface area contributed by atoms with E-state index in [1.807, 2.05) is 60.7 Å². The first kappa shape index (κ1) is 23.9. The fourth-order valence-electron chi connectivity index (χ4n) is 4.42. The van der Waals surface area contributed by atoms with Gasteiger partial charge in [0.05, 0.1) is 11.9 Å². The van der Waals surface area contributed by atoms with Gasteiger partial charge in [0.1, 0.15) is 5.54 Å². The van der Waals surface area contributed by atoms with Crippen LogP contribution in [0.5, 0.6) is 0 Å². The molecule has 2 N–H and O–H groups in total. The quantitative estimate of drug-likeness (QED) is 0.383. The Morgan fingerprint density at radius 1 is 0.865 bits per heavy atom. The van der Waals surface area contributed by atoms with E-state index < -0.39 is 23.4 Å². The number of hydrogen-bond acceptors (Lipinski definition) is 5. The van der Waals surface area contributed by atoms with Crippen LogP contribution in [-0.2, 0) is 17.8 Å². The molecule has 0 saturated carbocycles. The topological polar surface area (TPSA) is 113 Å². The van der Waals surface area contributed by atoms with Crippen molar-refractivity contribution in [2.45, 2.75) is 31.8 Å². The minimum absolute atomic E-state index is 0.0652. The molecular weight excluding hydrogens is 470 g/mol. The number of urea groups is 1. The zero-order valence-corrected chi connectivity index (χ0v) is 20.2. The van der Waals surface area contributed by atoms with Gasteiger partial charge < -0.3 is 5.32 Å². The molecule has 9 heteroatoms. The molecule has 0 radical (unpaired) electrons. The summed E-state index contributed by atoms with van der Waals surface area (Å²) in [7, 11) is 0. The number of carbonyl (C=O) groups excluding carboxylic acids is 3.